The number of rotatable bonds is 4. The molecule has 0 bridgehead atoms. The van der Waals surface area contributed by atoms with E-state index in [2.05, 4.69) is 10.3 Å². The number of halogens is 2. The van der Waals surface area contributed by atoms with Gasteiger partial charge in [0, 0.05) is 11.3 Å². The number of anilines is 1. The Labute approximate surface area is 180 Å². The Balaban J connectivity index is 1.65. The minimum atomic E-state index is -0.391. The number of aromatic nitrogens is 1. The first-order valence-electron chi connectivity index (χ1n) is 8.49. The summed E-state index contributed by atoms with van der Waals surface area (Å²) >= 11 is 13.7. The molecule has 0 atom stereocenters. The third-order valence-electron chi connectivity index (χ3n) is 4.24. The predicted octanol–water partition coefficient (Wildman–Crippen LogP) is 6.24. The number of benzene rings is 3. The lowest BCUT2D eigenvalue weighted by molar-refractivity contribution is 0.102. The second-order valence-corrected chi connectivity index (χ2v) is 7.99. The van der Waals surface area contributed by atoms with Gasteiger partial charge in [0.2, 0.25) is 0 Å². The number of thiazole rings is 1. The van der Waals surface area contributed by atoms with Gasteiger partial charge in [0.15, 0.2) is 5.75 Å². The van der Waals surface area contributed by atoms with Gasteiger partial charge in [-0.2, -0.15) is 0 Å². The number of phenols is 1. The molecule has 0 aliphatic carbocycles. The smallest absolute Gasteiger partial charge is 0.255 e. The van der Waals surface area contributed by atoms with Gasteiger partial charge in [-0.25, -0.2) is 4.98 Å². The summed E-state index contributed by atoms with van der Waals surface area (Å²) in [4.78, 5) is 17.2. The summed E-state index contributed by atoms with van der Waals surface area (Å²) in [6.07, 6.45) is 0. The van der Waals surface area contributed by atoms with Crippen molar-refractivity contribution < 1.29 is 14.6 Å². The first kappa shape index (κ1) is 19.5. The summed E-state index contributed by atoms with van der Waals surface area (Å²) < 4.78 is 6.12. The van der Waals surface area contributed by atoms with E-state index in [9.17, 15) is 9.90 Å². The van der Waals surface area contributed by atoms with Gasteiger partial charge in [0.25, 0.3) is 5.91 Å². The molecule has 4 rings (SSSR count). The maximum atomic E-state index is 12.6. The summed E-state index contributed by atoms with van der Waals surface area (Å²) in [7, 11) is 1.45. The molecular formula is C21H14Cl2N2O3S. The number of carbonyl (C=O) groups is 1. The number of carbonyl (C=O) groups excluding carboxylic acids is 1. The van der Waals surface area contributed by atoms with Crippen molar-refractivity contribution in [2.45, 2.75) is 0 Å². The maximum Gasteiger partial charge on any atom is 0.255 e. The van der Waals surface area contributed by atoms with Crippen LogP contribution in [-0.2, 0) is 0 Å². The number of nitrogens with one attached hydrogen (secondary N) is 1. The number of phenolic OH excluding ortho intramolecular Hbond substituents is 1. The molecule has 0 saturated carbocycles. The number of aromatic hydroxyl groups is 1. The van der Waals surface area contributed by atoms with Crippen LogP contribution in [0.3, 0.4) is 0 Å². The van der Waals surface area contributed by atoms with Gasteiger partial charge in [0.05, 0.1) is 32.9 Å². The molecule has 4 aromatic rings. The number of nitrogens with zero attached hydrogens (tertiary/aromatic N) is 1. The third kappa shape index (κ3) is 3.87. The zero-order valence-electron chi connectivity index (χ0n) is 15.1. The van der Waals surface area contributed by atoms with Crippen molar-refractivity contribution in [2.75, 3.05) is 12.4 Å². The van der Waals surface area contributed by atoms with Crippen LogP contribution in [0, 0.1) is 0 Å². The van der Waals surface area contributed by atoms with Gasteiger partial charge in [-0.3, -0.25) is 4.79 Å². The topological polar surface area (TPSA) is 71.5 Å². The van der Waals surface area contributed by atoms with E-state index in [0.29, 0.717) is 22.0 Å². The fraction of sp³-hybridized carbons (Fsp3) is 0.0476. The Morgan fingerprint density at radius 2 is 1.83 bits per heavy atom. The number of fused-ring (bicyclic) bond motifs is 1. The van der Waals surface area contributed by atoms with Crippen LogP contribution in [0.2, 0.25) is 10.0 Å². The summed E-state index contributed by atoms with van der Waals surface area (Å²) in [5.41, 5.74) is 2.18. The van der Waals surface area contributed by atoms with E-state index in [4.69, 9.17) is 27.9 Å². The number of ether oxygens (including phenoxy) is 1. The lowest BCUT2D eigenvalue weighted by Gasteiger charge is -2.10. The highest BCUT2D eigenvalue weighted by Gasteiger charge is 2.16. The average Bonchev–Trinajstić information content (AvgIpc) is 3.13. The van der Waals surface area contributed by atoms with Crippen LogP contribution in [0.1, 0.15) is 10.4 Å². The van der Waals surface area contributed by atoms with Crippen LogP contribution < -0.4 is 10.1 Å². The minimum Gasteiger partial charge on any atom is -0.507 e. The molecule has 146 valence electrons. The van der Waals surface area contributed by atoms with E-state index < -0.39 is 5.91 Å². The van der Waals surface area contributed by atoms with E-state index in [-0.39, 0.29) is 21.4 Å². The molecule has 0 saturated heterocycles. The van der Waals surface area contributed by atoms with Gasteiger partial charge in [-0.15, -0.1) is 11.3 Å². The molecule has 0 spiro atoms. The first-order valence-corrected chi connectivity index (χ1v) is 10.1. The minimum absolute atomic E-state index is 0.0811. The highest BCUT2D eigenvalue weighted by atomic mass is 35.5. The number of para-hydroxylation sites is 1. The number of amides is 1. The molecule has 0 radical (unpaired) electrons. The van der Waals surface area contributed by atoms with Crippen molar-refractivity contribution in [3.8, 4) is 22.1 Å². The third-order valence-corrected chi connectivity index (χ3v) is 5.87. The molecule has 29 heavy (non-hydrogen) atoms. The molecule has 1 aromatic heterocycles. The Bertz CT molecular complexity index is 1180. The predicted molar refractivity (Wildman–Crippen MR) is 118 cm³/mol. The van der Waals surface area contributed by atoms with Gasteiger partial charge < -0.3 is 15.2 Å². The molecule has 5 nitrogen and oxygen atoms in total. The quantitative estimate of drug-likeness (QED) is 0.365. The molecule has 2 N–H and O–H groups in total. The van der Waals surface area contributed by atoms with Crippen molar-refractivity contribution in [2.24, 2.45) is 0 Å². The summed E-state index contributed by atoms with van der Waals surface area (Å²) in [5, 5.41) is 14.2. The van der Waals surface area contributed by atoms with Crippen molar-refractivity contribution in [3.05, 3.63) is 70.2 Å². The van der Waals surface area contributed by atoms with Gasteiger partial charge >= 0.3 is 0 Å². The molecule has 1 heterocycles. The van der Waals surface area contributed by atoms with E-state index in [1.54, 1.807) is 12.1 Å². The molecule has 1 amide bonds. The molecule has 3 aromatic carbocycles. The van der Waals surface area contributed by atoms with Crippen molar-refractivity contribution >= 4 is 56.3 Å². The molecule has 0 aliphatic heterocycles. The largest absolute Gasteiger partial charge is 0.507 e. The van der Waals surface area contributed by atoms with Gasteiger partial charge in [0.1, 0.15) is 10.8 Å². The van der Waals surface area contributed by atoms with Crippen LogP contribution in [0.4, 0.5) is 5.69 Å². The van der Waals surface area contributed by atoms with Crippen LogP contribution >= 0.6 is 34.5 Å². The monoisotopic (exact) mass is 444 g/mol. The van der Waals surface area contributed by atoms with Crippen molar-refractivity contribution in [3.63, 3.8) is 0 Å². The Kier molecular flexibility index (Phi) is 5.32. The van der Waals surface area contributed by atoms with Crippen LogP contribution in [0.5, 0.6) is 11.5 Å². The Morgan fingerprint density at radius 1 is 1.10 bits per heavy atom. The number of hydrogen-bond acceptors (Lipinski definition) is 5. The van der Waals surface area contributed by atoms with Gasteiger partial charge in [-0.1, -0.05) is 35.3 Å². The SMILES string of the molecule is COc1c(Cl)cc(C(=O)Nc2ccc(O)c(-c3nc4ccccc4s3)c2)cc1Cl. The molecule has 0 fully saturated rings. The number of hydrogen-bond donors (Lipinski definition) is 2. The lowest BCUT2D eigenvalue weighted by Crippen LogP contribution is -2.12. The second kappa shape index (κ2) is 7.91. The van der Waals surface area contributed by atoms with E-state index in [1.807, 2.05) is 24.3 Å². The fourth-order valence-corrected chi connectivity index (χ4v) is 4.49. The van der Waals surface area contributed by atoms with Crippen molar-refractivity contribution in [1.82, 2.24) is 4.98 Å². The normalized spacial score (nSPS) is 10.9. The summed E-state index contributed by atoms with van der Waals surface area (Å²) in [6.45, 7) is 0. The van der Waals surface area contributed by atoms with Crippen molar-refractivity contribution in [1.29, 1.82) is 0 Å². The van der Waals surface area contributed by atoms with E-state index >= 15 is 0 Å². The maximum absolute atomic E-state index is 12.6. The number of methoxy groups -OCH3 is 1. The van der Waals surface area contributed by atoms with Crippen LogP contribution in [0.25, 0.3) is 20.8 Å². The first-order chi connectivity index (χ1) is 14.0. The summed E-state index contributed by atoms with van der Waals surface area (Å²) in [6, 6.07) is 15.5. The van der Waals surface area contributed by atoms with E-state index in [0.717, 1.165) is 10.2 Å². The average molecular weight is 445 g/mol. The summed E-state index contributed by atoms with van der Waals surface area (Å²) in [5.74, 6) is 0.00243. The highest BCUT2D eigenvalue weighted by Crippen LogP contribution is 2.37. The molecule has 0 unspecified atom stereocenters. The molecule has 0 aliphatic rings. The molecule has 8 heteroatoms. The zero-order chi connectivity index (χ0) is 20.5. The van der Waals surface area contributed by atoms with Crippen LogP contribution in [0.15, 0.2) is 54.6 Å². The Hall–Kier alpha value is -2.80. The zero-order valence-corrected chi connectivity index (χ0v) is 17.4. The Morgan fingerprint density at radius 3 is 2.52 bits per heavy atom. The van der Waals surface area contributed by atoms with E-state index in [1.165, 1.54) is 36.6 Å². The van der Waals surface area contributed by atoms with Gasteiger partial charge in [-0.05, 0) is 42.5 Å². The van der Waals surface area contributed by atoms with Crippen LogP contribution in [-0.4, -0.2) is 23.1 Å². The second-order valence-electron chi connectivity index (χ2n) is 6.15. The standard InChI is InChI=1S/C21H14Cl2N2O3S/c1-28-19-14(22)8-11(9-15(19)23)20(27)24-12-6-7-17(26)13(10-12)21-25-16-4-2-3-5-18(16)29-21/h2-10,26H,1H3,(H,24,27). The highest BCUT2D eigenvalue weighted by molar-refractivity contribution is 7.21. The molecular weight excluding hydrogens is 431 g/mol. The lowest BCUT2D eigenvalue weighted by atomic mass is 10.1. The fourth-order valence-electron chi connectivity index (χ4n) is 2.86.